The first-order valence-corrected chi connectivity index (χ1v) is 7.70. The van der Waals surface area contributed by atoms with Gasteiger partial charge in [0.25, 0.3) is 0 Å². The number of halogens is 1. The summed E-state index contributed by atoms with van der Waals surface area (Å²) in [6, 6.07) is 17.0. The number of hydrogen-bond acceptors (Lipinski definition) is 2. The molecule has 0 saturated heterocycles. The van der Waals surface area contributed by atoms with E-state index in [9.17, 15) is 0 Å². The Balaban J connectivity index is 2.03. The third kappa shape index (κ3) is 4.36. The van der Waals surface area contributed by atoms with Gasteiger partial charge in [0.05, 0.1) is 0 Å². The van der Waals surface area contributed by atoms with Crippen LogP contribution in [0.25, 0.3) is 0 Å². The molecule has 0 saturated carbocycles. The zero-order valence-corrected chi connectivity index (χ0v) is 13.2. The Labute approximate surface area is 129 Å². The van der Waals surface area contributed by atoms with Crippen LogP contribution in [0.2, 0.25) is 0 Å². The molecule has 2 N–H and O–H groups in total. The Morgan fingerprint density at radius 1 is 1.15 bits per heavy atom. The average molecular weight is 334 g/mol. The van der Waals surface area contributed by atoms with Crippen molar-refractivity contribution in [3.63, 3.8) is 0 Å². The number of benzene rings is 2. The molecule has 0 amide bonds. The molecule has 2 nitrogen and oxygen atoms in total. The first-order valence-electron chi connectivity index (χ1n) is 6.91. The van der Waals surface area contributed by atoms with Crippen LogP contribution in [0.5, 0.6) is 0 Å². The second kappa shape index (κ2) is 7.46. The van der Waals surface area contributed by atoms with Crippen molar-refractivity contribution in [3.05, 3.63) is 64.1 Å². The molecule has 0 bridgehead atoms. The Bertz CT molecular complexity index is 539. The number of hydrogen-bond donors (Lipinski definition) is 2. The van der Waals surface area contributed by atoms with Gasteiger partial charge in [-0.05, 0) is 55.2 Å². The van der Waals surface area contributed by atoms with Gasteiger partial charge in [-0.3, -0.25) is 0 Å². The van der Waals surface area contributed by atoms with Crippen molar-refractivity contribution in [2.45, 2.75) is 25.8 Å². The molecule has 1 unspecified atom stereocenters. The molecule has 0 aromatic heterocycles. The summed E-state index contributed by atoms with van der Waals surface area (Å²) in [5.74, 6) is 0. The first kappa shape index (κ1) is 15.1. The standard InChI is InChI=1S/C17H20BrNO/c1-13(15-7-9-16(18)10-8-15)19-17-6-2-4-14(12-17)5-3-11-20/h2,4,6-10,12-13,19-20H,3,5,11H2,1H3. The summed E-state index contributed by atoms with van der Waals surface area (Å²) in [6.45, 7) is 2.40. The molecule has 1 atom stereocenters. The van der Waals surface area contributed by atoms with Crippen molar-refractivity contribution in [2.75, 3.05) is 11.9 Å². The number of aliphatic hydroxyl groups is 1. The second-order valence-electron chi connectivity index (χ2n) is 4.95. The molecule has 0 aliphatic heterocycles. The van der Waals surface area contributed by atoms with E-state index >= 15 is 0 Å². The van der Waals surface area contributed by atoms with Crippen LogP contribution in [-0.2, 0) is 6.42 Å². The van der Waals surface area contributed by atoms with Gasteiger partial charge < -0.3 is 10.4 Å². The third-order valence-corrected chi connectivity index (χ3v) is 3.83. The molecular weight excluding hydrogens is 314 g/mol. The zero-order chi connectivity index (χ0) is 14.4. The van der Waals surface area contributed by atoms with Crippen molar-refractivity contribution in [1.82, 2.24) is 0 Å². The lowest BCUT2D eigenvalue weighted by Crippen LogP contribution is -2.06. The fraction of sp³-hybridized carbons (Fsp3) is 0.294. The largest absolute Gasteiger partial charge is 0.396 e. The molecule has 2 aromatic carbocycles. The van der Waals surface area contributed by atoms with Crippen LogP contribution in [0.15, 0.2) is 53.0 Å². The average Bonchev–Trinajstić information content (AvgIpc) is 2.46. The Morgan fingerprint density at radius 2 is 1.90 bits per heavy atom. The van der Waals surface area contributed by atoms with E-state index in [0.29, 0.717) is 0 Å². The van der Waals surface area contributed by atoms with E-state index in [2.05, 4.69) is 76.7 Å². The lowest BCUT2D eigenvalue weighted by atomic mass is 10.1. The molecule has 0 heterocycles. The fourth-order valence-electron chi connectivity index (χ4n) is 2.18. The van der Waals surface area contributed by atoms with Gasteiger partial charge in [-0.25, -0.2) is 0 Å². The number of aliphatic hydroxyl groups excluding tert-OH is 1. The lowest BCUT2D eigenvalue weighted by Gasteiger charge is -2.16. The molecule has 0 radical (unpaired) electrons. The highest BCUT2D eigenvalue weighted by molar-refractivity contribution is 9.10. The number of aryl methyl sites for hydroxylation is 1. The first-order chi connectivity index (χ1) is 9.69. The van der Waals surface area contributed by atoms with Crippen LogP contribution in [0.1, 0.15) is 30.5 Å². The van der Waals surface area contributed by atoms with Gasteiger partial charge in [-0.2, -0.15) is 0 Å². The smallest absolute Gasteiger partial charge is 0.0485 e. The minimum absolute atomic E-state index is 0.243. The lowest BCUT2D eigenvalue weighted by molar-refractivity contribution is 0.288. The maximum atomic E-state index is 8.89. The summed E-state index contributed by atoms with van der Waals surface area (Å²) in [6.07, 6.45) is 1.73. The van der Waals surface area contributed by atoms with Gasteiger partial charge in [-0.15, -0.1) is 0 Å². The van der Waals surface area contributed by atoms with Crippen LogP contribution >= 0.6 is 15.9 Å². The van der Waals surface area contributed by atoms with E-state index in [0.717, 1.165) is 23.0 Å². The fourth-order valence-corrected chi connectivity index (χ4v) is 2.45. The van der Waals surface area contributed by atoms with E-state index in [1.807, 2.05) is 0 Å². The quantitative estimate of drug-likeness (QED) is 0.812. The number of nitrogens with one attached hydrogen (secondary N) is 1. The van der Waals surface area contributed by atoms with E-state index in [1.54, 1.807) is 0 Å². The van der Waals surface area contributed by atoms with Crippen molar-refractivity contribution in [3.8, 4) is 0 Å². The van der Waals surface area contributed by atoms with Crippen molar-refractivity contribution in [1.29, 1.82) is 0 Å². The van der Waals surface area contributed by atoms with Gasteiger partial charge in [0.15, 0.2) is 0 Å². The van der Waals surface area contributed by atoms with Gasteiger partial charge in [-0.1, -0.05) is 40.2 Å². The van der Waals surface area contributed by atoms with Crippen molar-refractivity contribution in [2.24, 2.45) is 0 Å². The zero-order valence-electron chi connectivity index (χ0n) is 11.6. The van der Waals surface area contributed by atoms with E-state index < -0.39 is 0 Å². The molecule has 106 valence electrons. The normalized spacial score (nSPS) is 12.2. The summed E-state index contributed by atoms with van der Waals surface area (Å²) in [5, 5.41) is 12.4. The van der Waals surface area contributed by atoms with E-state index in [1.165, 1.54) is 11.1 Å². The predicted octanol–water partition coefficient (Wildman–Crippen LogP) is 4.55. The monoisotopic (exact) mass is 333 g/mol. The van der Waals surface area contributed by atoms with E-state index in [-0.39, 0.29) is 12.6 Å². The van der Waals surface area contributed by atoms with Gasteiger partial charge in [0.1, 0.15) is 0 Å². The number of anilines is 1. The summed E-state index contributed by atoms with van der Waals surface area (Å²) in [5.41, 5.74) is 3.64. The predicted molar refractivity (Wildman–Crippen MR) is 88.0 cm³/mol. The van der Waals surface area contributed by atoms with E-state index in [4.69, 9.17) is 5.11 Å². The van der Waals surface area contributed by atoms with Crippen LogP contribution in [0, 0.1) is 0 Å². The van der Waals surface area contributed by atoms with Gasteiger partial charge in [0, 0.05) is 22.8 Å². The minimum atomic E-state index is 0.243. The highest BCUT2D eigenvalue weighted by atomic mass is 79.9. The number of rotatable bonds is 6. The molecule has 20 heavy (non-hydrogen) atoms. The van der Waals surface area contributed by atoms with Crippen LogP contribution in [0.3, 0.4) is 0 Å². The highest BCUT2D eigenvalue weighted by Gasteiger charge is 2.05. The molecule has 2 aromatic rings. The minimum Gasteiger partial charge on any atom is -0.396 e. The Hall–Kier alpha value is -1.32. The summed E-state index contributed by atoms with van der Waals surface area (Å²) in [4.78, 5) is 0. The summed E-state index contributed by atoms with van der Waals surface area (Å²) < 4.78 is 1.10. The summed E-state index contributed by atoms with van der Waals surface area (Å²) >= 11 is 3.45. The Morgan fingerprint density at radius 3 is 2.60 bits per heavy atom. The topological polar surface area (TPSA) is 32.3 Å². The maximum Gasteiger partial charge on any atom is 0.0485 e. The molecule has 0 spiro atoms. The molecule has 0 aliphatic carbocycles. The van der Waals surface area contributed by atoms with Gasteiger partial charge >= 0.3 is 0 Å². The van der Waals surface area contributed by atoms with Crippen LogP contribution in [-0.4, -0.2) is 11.7 Å². The Kier molecular flexibility index (Phi) is 5.62. The van der Waals surface area contributed by atoms with Crippen LogP contribution < -0.4 is 5.32 Å². The summed E-state index contributed by atoms with van der Waals surface area (Å²) in [7, 11) is 0. The third-order valence-electron chi connectivity index (χ3n) is 3.30. The van der Waals surface area contributed by atoms with Crippen molar-refractivity contribution >= 4 is 21.6 Å². The molecule has 0 fully saturated rings. The van der Waals surface area contributed by atoms with Crippen molar-refractivity contribution < 1.29 is 5.11 Å². The maximum absolute atomic E-state index is 8.89. The molecule has 3 heteroatoms. The molecular formula is C17H20BrNO. The second-order valence-corrected chi connectivity index (χ2v) is 5.86. The molecule has 2 rings (SSSR count). The van der Waals surface area contributed by atoms with Gasteiger partial charge in [0.2, 0.25) is 0 Å². The molecule has 0 aliphatic rings. The SMILES string of the molecule is CC(Nc1cccc(CCCO)c1)c1ccc(Br)cc1. The van der Waals surface area contributed by atoms with Crippen LogP contribution in [0.4, 0.5) is 5.69 Å². The highest BCUT2D eigenvalue weighted by Crippen LogP contribution is 2.22.